The maximum Gasteiger partial charge on any atom is 0.201 e. The molecule has 0 N–H and O–H groups in total. The third-order valence-electron chi connectivity index (χ3n) is 2.48. The van der Waals surface area contributed by atoms with Gasteiger partial charge in [-0.1, -0.05) is 29.8 Å². The fourth-order valence-corrected chi connectivity index (χ4v) is 2.41. The predicted molar refractivity (Wildman–Crippen MR) is 71.6 cm³/mol. The van der Waals surface area contributed by atoms with Crippen LogP contribution in [-0.4, -0.2) is 13.4 Å². The van der Waals surface area contributed by atoms with Crippen molar-refractivity contribution >= 4 is 15.9 Å². The molecule has 1 aromatic heterocycles. The summed E-state index contributed by atoms with van der Waals surface area (Å²) in [4.78, 5) is 4.01. The molecule has 0 atom stereocenters. The molecule has 92 valence electrons. The van der Waals surface area contributed by atoms with E-state index in [1.807, 2.05) is 31.2 Å². The van der Waals surface area contributed by atoms with Crippen molar-refractivity contribution in [1.29, 1.82) is 0 Å². The molecule has 0 saturated heterocycles. The van der Waals surface area contributed by atoms with Crippen molar-refractivity contribution < 1.29 is 8.42 Å². The van der Waals surface area contributed by atoms with Crippen LogP contribution in [0.2, 0.25) is 0 Å². The second-order valence-corrected chi connectivity index (χ2v) is 5.78. The SMILES string of the molecule is Cc1ccc(/C=C/S(=O)(=O)c2cccnc2)cc1. The molecule has 1 aromatic carbocycles. The first-order valence-electron chi connectivity index (χ1n) is 5.48. The molecule has 2 rings (SSSR count). The van der Waals surface area contributed by atoms with Gasteiger partial charge in [0.15, 0.2) is 0 Å². The van der Waals surface area contributed by atoms with Gasteiger partial charge in [0.05, 0.1) is 4.90 Å². The van der Waals surface area contributed by atoms with Crippen molar-refractivity contribution in [3.05, 3.63) is 65.3 Å². The van der Waals surface area contributed by atoms with E-state index in [2.05, 4.69) is 4.98 Å². The van der Waals surface area contributed by atoms with E-state index in [0.717, 1.165) is 11.1 Å². The number of aromatic nitrogens is 1. The van der Waals surface area contributed by atoms with Crippen LogP contribution in [0, 0.1) is 6.92 Å². The molecule has 0 aliphatic heterocycles. The Morgan fingerprint density at radius 1 is 1.11 bits per heavy atom. The summed E-state index contributed by atoms with van der Waals surface area (Å²) in [5, 5.41) is 1.20. The first-order valence-corrected chi connectivity index (χ1v) is 7.02. The zero-order valence-corrected chi connectivity index (χ0v) is 10.8. The average Bonchev–Trinajstić information content (AvgIpc) is 2.39. The quantitative estimate of drug-likeness (QED) is 0.851. The summed E-state index contributed by atoms with van der Waals surface area (Å²) in [6, 6.07) is 10.8. The molecule has 0 aliphatic rings. The minimum absolute atomic E-state index is 0.202. The zero-order valence-electron chi connectivity index (χ0n) is 9.95. The van der Waals surface area contributed by atoms with Crippen LogP contribution in [0.15, 0.2) is 59.1 Å². The average molecular weight is 259 g/mol. The van der Waals surface area contributed by atoms with Crippen molar-refractivity contribution in [2.45, 2.75) is 11.8 Å². The largest absolute Gasteiger partial charge is 0.263 e. The number of hydrogen-bond acceptors (Lipinski definition) is 3. The molecular weight excluding hydrogens is 246 g/mol. The minimum Gasteiger partial charge on any atom is -0.263 e. The Bertz CT molecular complexity index is 644. The number of aryl methyl sites for hydroxylation is 1. The van der Waals surface area contributed by atoms with Crippen LogP contribution in [0.3, 0.4) is 0 Å². The van der Waals surface area contributed by atoms with Gasteiger partial charge in [-0.3, -0.25) is 4.98 Å². The maximum absolute atomic E-state index is 11.9. The lowest BCUT2D eigenvalue weighted by Gasteiger charge is -1.98. The Morgan fingerprint density at radius 2 is 1.83 bits per heavy atom. The van der Waals surface area contributed by atoms with Crippen LogP contribution in [0.25, 0.3) is 6.08 Å². The standard InChI is InChI=1S/C14H13NO2S/c1-12-4-6-13(7-5-12)8-10-18(16,17)14-3-2-9-15-11-14/h2-11H,1H3/b10-8+. The number of rotatable bonds is 3. The van der Waals surface area contributed by atoms with Crippen molar-refractivity contribution in [3.63, 3.8) is 0 Å². The highest BCUT2D eigenvalue weighted by atomic mass is 32.2. The van der Waals surface area contributed by atoms with E-state index in [0.29, 0.717) is 0 Å². The van der Waals surface area contributed by atoms with Crippen LogP contribution in [-0.2, 0) is 9.84 Å². The van der Waals surface area contributed by atoms with E-state index in [1.165, 1.54) is 17.7 Å². The van der Waals surface area contributed by atoms with Crippen molar-refractivity contribution in [2.24, 2.45) is 0 Å². The van der Waals surface area contributed by atoms with Crippen molar-refractivity contribution in [3.8, 4) is 0 Å². The Morgan fingerprint density at radius 3 is 2.44 bits per heavy atom. The smallest absolute Gasteiger partial charge is 0.201 e. The molecule has 2 aromatic rings. The highest BCUT2D eigenvalue weighted by Gasteiger charge is 2.09. The molecule has 0 radical (unpaired) electrons. The number of pyridine rings is 1. The van der Waals surface area contributed by atoms with Gasteiger partial charge in [-0.25, -0.2) is 8.42 Å². The second-order valence-electron chi connectivity index (χ2n) is 3.95. The zero-order chi connectivity index (χ0) is 13.0. The molecule has 3 nitrogen and oxygen atoms in total. The lowest BCUT2D eigenvalue weighted by atomic mass is 10.2. The molecule has 0 spiro atoms. The number of hydrogen-bond donors (Lipinski definition) is 0. The van der Waals surface area contributed by atoms with E-state index in [1.54, 1.807) is 18.3 Å². The summed E-state index contributed by atoms with van der Waals surface area (Å²) in [6.45, 7) is 1.99. The molecule has 0 saturated carbocycles. The normalized spacial score (nSPS) is 11.8. The molecule has 0 unspecified atom stereocenters. The Hall–Kier alpha value is -1.94. The monoisotopic (exact) mass is 259 g/mol. The third-order valence-corrected chi connectivity index (χ3v) is 3.87. The van der Waals surface area contributed by atoms with Crippen LogP contribution in [0.5, 0.6) is 0 Å². The van der Waals surface area contributed by atoms with Gasteiger partial charge in [-0.15, -0.1) is 0 Å². The Balaban J connectivity index is 2.26. The maximum atomic E-state index is 11.9. The Kier molecular flexibility index (Phi) is 3.58. The van der Waals surface area contributed by atoms with E-state index >= 15 is 0 Å². The summed E-state index contributed by atoms with van der Waals surface area (Å²) in [7, 11) is -3.41. The van der Waals surface area contributed by atoms with Crippen LogP contribution in [0.1, 0.15) is 11.1 Å². The van der Waals surface area contributed by atoms with Gasteiger partial charge in [-0.05, 0) is 30.7 Å². The van der Waals surface area contributed by atoms with Crippen molar-refractivity contribution in [2.75, 3.05) is 0 Å². The van der Waals surface area contributed by atoms with Crippen LogP contribution in [0.4, 0.5) is 0 Å². The van der Waals surface area contributed by atoms with Gasteiger partial charge in [-0.2, -0.15) is 0 Å². The van der Waals surface area contributed by atoms with E-state index in [9.17, 15) is 8.42 Å². The summed E-state index contributed by atoms with van der Waals surface area (Å²) >= 11 is 0. The van der Waals surface area contributed by atoms with Gasteiger partial charge in [0.25, 0.3) is 0 Å². The molecule has 0 aliphatic carbocycles. The fraction of sp³-hybridized carbons (Fsp3) is 0.0714. The number of nitrogens with zero attached hydrogens (tertiary/aromatic N) is 1. The lowest BCUT2D eigenvalue weighted by molar-refractivity contribution is 0.604. The molecular formula is C14H13NO2S. The van der Waals surface area contributed by atoms with E-state index < -0.39 is 9.84 Å². The van der Waals surface area contributed by atoms with Crippen molar-refractivity contribution in [1.82, 2.24) is 4.98 Å². The second kappa shape index (κ2) is 5.14. The topological polar surface area (TPSA) is 47.0 Å². The van der Waals surface area contributed by atoms with Crippen LogP contribution >= 0.6 is 0 Å². The molecule has 1 heterocycles. The van der Waals surface area contributed by atoms with Gasteiger partial charge in [0, 0.05) is 17.8 Å². The fourth-order valence-electron chi connectivity index (χ4n) is 1.44. The molecule has 4 heteroatoms. The summed E-state index contributed by atoms with van der Waals surface area (Å²) < 4.78 is 23.9. The predicted octanol–water partition coefficient (Wildman–Crippen LogP) is 2.83. The van der Waals surface area contributed by atoms with Gasteiger partial charge >= 0.3 is 0 Å². The highest BCUT2D eigenvalue weighted by molar-refractivity contribution is 7.94. The molecule has 0 fully saturated rings. The van der Waals surface area contributed by atoms with Gasteiger partial charge in [0.1, 0.15) is 0 Å². The lowest BCUT2D eigenvalue weighted by Crippen LogP contribution is -1.96. The summed E-state index contributed by atoms with van der Waals surface area (Å²) in [5.74, 6) is 0. The molecule has 0 amide bonds. The minimum atomic E-state index is -3.41. The first-order chi connectivity index (χ1) is 8.58. The van der Waals surface area contributed by atoms with Gasteiger partial charge in [0.2, 0.25) is 9.84 Å². The van der Waals surface area contributed by atoms with Gasteiger partial charge < -0.3 is 0 Å². The van der Waals surface area contributed by atoms with E-state index in [4.69, 9.17) is 0 Å². The number of sulfone groups is 1. The third kappa shape index (κ3) is 3.05. The summed E-state index contributed by atoms with van der Waals surface area (Å²) in [5.41, 5.74) is 2.00. The van der Waals surface area contributed by atoms with Crippen LogP contribution < -0.4 is 0 Å². The molecule has 0 bridgehead atoms. The summed E-state index contributed by atoms with van der Waals surface area (Å²) in [6.07, 6.45) is 4.47. The molecule has 18 heavy (non-hydrogen) atoms. The Labute approximate surface area is 107 Å². The first kappa shape index (κ1) is 12.5. The highest BCUT2D eigenvalue weighted by Crippen LogP contribution is 2.12. The number of benzene rings is 1. The van der Waals surface area contributed by atoms with E-state index in [-0.39, 0.29) is 4.90 Å².